The summed E-state index contributed by atoms with van der Waals surface area (Å²) < 4.78 is 25.9. The molecule has 0 atom stereocenters. The number of piperazine rings is 1. The van der Waals surface area contributed by atoms with Crippen LogP contribution in [0.5, 0.6) is 0 Å². The first-order chi connectivity index (χ1) is 11.5. The van der Waals surface area contributed by atoms with Crippen LogP contribution in [0.2, 0.25) is 0 Å². The summed E-state index contributed by atoms with van der Waals surface area (Å²) >= 11 is 0. The fourth-order valence-electron chi connectivity index (χ4n) is 2.99. The molecule has 0 amide bonds. The molecule has 1 aromatic heterocycles. The molecule has 2 heterocycles. The van der Waals surface area contributed by atoms with E-state index in [2.05, 4.69) is 11.1 Å². The second-order valence-electron chi connectivity index (χ2n) is 5.87. The van der Waals surface area contributed by atoms with Gasteiger partial charge in [-0.2, -0.15) is 9.57 Å². The van der Waals surface area contributed by atoms with E-state index < -0.39 is 10.0 Å². The molecule has 0 N–H and O–H groups in total. The average molecular weight is 344 g/mol. The molecular formula is C17H20N4O2S. The Labute approximate surface area is 142 Å². The van der Waals surface area contributed by atoms with Gasteiger partial charge in [-0.1, -0.05) is 25.1 Å². The summed E-state index contributed by atoms with van der Waals surface area (Å²) in [6, 6.07) is 11.7. The zero-order chi connectivity index (χ0) is 17.2. The molecule has 2 aromatic rings. The fourth-order valence-corrected chi connectivity index (χ4v) is 4.49. The third kappa shape index (κ3) is 3.21. The molecule has 126 valence electrons. The highest BCUT2D eigenvalue weighted by Crippen LogP contribution is 2.24. The van der Waals surface area contributed by atoms with Crippen molar-refractivity contribution in [3.8, 4) is 6.07 Å². The number of hydrogen-bond acceptors (Lipinski definition) is 5. The molecule has 0 radical (unpaired) electrons. The van der Waals surface area contributed by atoms with E-state index in [4.69, 9.17) is 0 Å². The maximum atomic E-state index is 12.2. The molecule has 7 heteroatoms. The van der Waals surface area contributed by atoms with Crippen molar-refractivity contribution in [2.24, 2.45) is 0 Å². The molecule has 0 unspecified atom stereocenters. The lowest BCUT2D eigenvalue weighted by molar-refractivity contribution is 0.383. The largest absolute Gasteiger partial charge is 0.353 e. The van der Waals surface area contributed by atoms with Gasteiger partial charge in [-0.3, -0.25) is 0 Å². The van der Waals surface area contributed by atoms with Crippen LogP contribution in [0.3, 0.4) is 0 Å². The maximum Gasteiger partial charge on any atom is 0.214 e. The van der Waals surface area contributed by atoms with E-state index in [-0.39, 0.29) is 5.75 Å². The third-order valence-corrected chi connectivity index (χ3v) is 6.29. The van der Waals surface area contributed by atoms with Crippen molar-refractivity contribution in [3.05, 3.63) is 35.9 Å². The van der Waals surface area contributed by atoms with Gasteiger partial charge in [0.15, 0.2) is 0 Å². The smallest absolute Gasteiger partial charge is 0.214 e. The number of rotatable bonds is 4. The Kier molecular flexibility index (Phi) is 4.69. The van der Waals surface area contributed by atoms with Crippen LogP contribution in [-0.4, -0.2) is 49.6 Å². The third-order valence-electron chi connectivity index (χ3n) is 4.22. The number of aromatic nitrogens is 1. The molecule has 1 saturated heterocycles. The molecule has 0 spiro atoms. The van der Waals surface area contributed by atoms with E-state index in [0.29, 0.717) is 44.0 Å². The molecule has 6 nitrogen and oxygen atoms in total. The number of pyridine rings is 1. The summed E-state index contributed by atoms with van der Waals surface area (Å²) in [5.41, 5.74) is 1.37. The number of nitriles is 1. The van der Waals surface area contributed by atoms with Crippen molar-refractivity contribution >= 4 is 26.7 Å². The second-order valence-corrected chi connectivity index (χ2v) is 7.95. The Bertz CT molecular complexity index is 881. The minimum Gasteiger partial charge on any atom is -0.353 e. The number of sulfonamides is 1. The van der Waals surface area contributed by atoms with Crippen molar-refractivity contribution in [2.45, 2.75) is 13.3 Å². The van der Waals surface area contributed by atoms with Crippen molar-refractivity contribution in [1.29, 1.82) is 5.26 Å². The SMILES string of the molecule is CCCS(=O)(=O)N1CCN(c2nc3ccccc3cc2C#N)CC1. The van der Waals surface area contributed by atoms with E-state index in [9.17, 15) is 13.7 Å². The van der Waals surface area contributed by atoms with Crippen molar-refractivity contribution in [2.75, 3.05) is 36.8 Å². The lowest BCUT2D eigenvalue weighted by atomic mass is 10.1. The lowest BCUT2D eigenvalue weighted by Crippen LogP contribution is -2.49. The van der Waals surface area contributed by atoms with Gasteiger partial charge in [0, 0.05) is 31.6 Å². The van der Waals surface area contributed by atoms with Crippen LogP contribution in [0.25, 0.3) is 10.9 Å². The standard InChI is InChI=1S/C17H20N4O2S/c1-2-11-24(22,23)21-9-7-20(8-10-21)17-15(13-18)12-14-5-3-4-6-16(14)19-17/h3-6,12H,2,7-11H2,1H3. The summed E-state index contributed by atoms with van der Waals surface area (Å²) in [4.78, 5) is 6.63. The van der Waals surface area contributed by atoms with Crippen LogP contribution in [-0.2, 0) is 10.0 Å². The number of nitrogens with zero attached hydrogens (tertiary/aromatic N) is 4. The number of para-hydroxylation sites is 1. The van der Waals surface area contributed by atoms with Gasteiger partial charge in [0.25, 0.3) is 0 Å². The highest BCUT2D eigenvalue weighted by Gasteiger charge is 2.27. The predicted octanol–water partition coefficient (Wildman–Crippen LogP) is 1.97. The summed E-state index contributed by atoms with van der Waals surface area (Å²) in [7, 11) is -3.17. The maximum absolute atomic E-state index is 12.2. The molecule has 3 rings (SSSR count). The van der Waals surface area contributed by atoms with Gasteiger partial charge in [-0.25, -0.2) is 13.4 Å². The fraction of sp³-hybridized carbons (Fsp3) is 0.412. The molecular weight excluding hydrogens is 324 g/mol. The van der Waals surface area contributed by atoms with Gasteiger partial charge in [0.05, 0.1) is 16.8 Å². The van der Waals surface area contributed by atoms with Crippen LogP contribution in [0.1, 0.15) is 18.9 Å². The summed E-state index contributed by atoms with van der Waals surface area (Å²) in [5.74, 6) is 0.828. The van der Waals surface area contributed by atoms with Gasteiger partial charge in [-0.05, 0) is 18.6 Å². The molecule has 1 aliphatic rings. The minimum absolute atomic E-state index is 0.185. The first-order valence-corrected chi connectivity index (χ1v) is 9.68. The Morgan fingerprint density at radius 3 is 2.58 bits per heavy atom. The van der Waals surface area contributed by atoms with Gasteiger partial charge in [-0.15, -0.1) is 0 Å². The zero-order valence-corrected chi connectivity index (χ0v) is 14.5. The molecule has 0 aliphatic carbocycles. The predicted molar refractivity (Wildman–Crippen MR) is 94.3 cm³/mol. The van der Waals surface area contributed by atoms with Crippen LogP contribution in [0.15, 0.2) is 30.3 Å². The van der Waals surface area contributed by atoms with E-state index in [1.807, 2.05) is 42.2 Å². The second kappa shape index (κ2) is 6.75. The quantitative estimate of drug-likeness (QED) is 0.847. The van der Waals surface area contributed by atoms with Gasteiger partial charge in [0.1, 0.15) is 11.9 Å². The van der Waals surface area contributed by atoms with E-state index in [1.165, 1.54) is 0 Å². The van der Waals surface area contributed by atoms with Crippen LogP contribution in [0.4, 0.5) is 5.82 Å². The number of fused-ring (bicyclic) bond motifs is 1. The van der Waals surface area contributed by atoms with Gasteiger partial charge >= 0.3 is 0 Å². The zero-order valence-electron chi connectivity index (χ0n) is 13.6. The number of anilines is 1. The topological polar surface area (TPSA) is 77.3 Å². The molecule has 1 aromatic carbocycles. The van der Waals surface area contributed by atoms with E-state index >= 15 is 0 Å². The number of hydrogen-bond donors (Lipinski definition) is 0. The monoisotopic (exact) mass is 344 g/mol. The Morgan fingerprint density at radius 1 is 1.21 bits per heavy atom. The molecule has 24 heavy (non-hydrogen) atoms. The Balaban J connectivity index is 1.84. The minimum atomic E-state index is -3.17. The van der Waals surface area contributed by atoms with Crippen LogP contribution in [0, 0.1) is 11.3 Å². The van der Waals surface area contributed by atoms with E-state index in [0.717, 1.165) is 10.9 Å². The summed E-state index contributed by atoms with van der Waals surface area (Å²) in [5, 5.41) is 10.4. The first kappa shape index (κ1) is 16.7. The lowest BCUT2D eigenvalue weighted by Gasteiger charge is -2.35. The van der Waals surface area contributed by atoms with E-state index in [1.54, 1.807) is 4.31 Å². The molecule has 1 fully saturated rings. The Morgan fingerprint density at radius 2 is 1.92 bits per heavy atom. The highest BCUT2D eigenvalue weighted by molar-refractivity contribution is 7.89. The van der Waals surface area contributed by atoms with Gasteiger partial charge in [0.2, 0.25) is 10.0 Å². The Hall–Kier alpha value is -2.17. The number of benzene rings is 1. The molecule has 0 bridgehead atoms. The molecule has 0 saturated carbocycles. The highest BCUT2D eigenvalue weighted by atomic mass is 32.2. The van der Waals surface area contributed by atoms with Crippen molar-refractivity contribution in [3.63, 3.8) is 0 Å². The average Bonchev–Trinajstić information content (AvgIpc) is 2.60. The van der Waals surface area contributed by atoms with Crippen LogP contribution < -0.4 is 4.90 Å². The summed E-state index contributed by atoms with van der Waals surface area (Å²) in [6.45, 7) is 3.82. The van der Waals surface area contributed by atoms with Crippen LogP contribution >= 0.6 is 0 Å². The van der Waals surface area contributed by atoms with Crippen molar-refractivity contribution in [1.82, 2.24) is 9.29 Å². The first-order valence-electron chi connectivity index (χ1n) is 8.08. The summed E-state index contributed by atoms with van der Waals surface area (Å²) in [6.07, 6.45) is 0.618. The normalized spacial score (nSPS) is 16.2. The molecule has 1 aliphatic heterocycles. The van der Waals surface area contributed by atoms with Gasteiger partial charge < -0.3 is 4.90 Å². The van der Waals surface area contributed by atoms with Crippen molar-refractivity contribution < 1.29 is 8.42 Å².